The zero-order valence-corrected chi connectivity index (χ0v) is 23.6. The summed E-state index contributed by atoms with van der Waals surface area (Å²) in [4.78, 5) is 54.4. The second kappa shape index (κ2) is 20.4. The van der Waals surface area contributed by atoms with E-state index in [1.807, 2.05) is 0 Å². The minimum atomic E-state index is -0.919. The van der Waals surface area contributed by atoms with Crippen molar-refractivity contribution in [3.63, 3.8) is 0 Å². The number of unbranched alkanes of at least 4 members (excludes halogenated alkanes) is 2. The first-order valence-corrected chi connectivity index (χ1v) is 13.8. The minimum Gasteiger partial charge on any atom is -0.370 e. The number of halogens is 1. The number of hydrogen-bond acceptors (Lipinski definition) is 7. The normalized spacial score (nSPS) is 13.2. The van der Waals surface area contributed by atoms with Crippen molar-refractivity contribution < 1.29 is 19.2 Å². The number of guanidine groups is 1. The maximum atomic E-state index is 13.3. The van der Waals surface area contributed by atoms with Gasteiger partial charge in [0, 0.05) is 17.6 Å². The number of carbonyl (C=O) groups is 4. The van der Waals surface area contributed by atoms with Crippen LogP contribution in [0.15, 0.2) is 35.3 Å². The van der Waals surface area contributed by atoms with Crippen LogP contribution in [0.2, 0.25) is 5.02 Å². The number of hydrogen-bond donors (Lipinski definition) is 7. The lowest BCUT2D eigenvalue weighted by atomic mass is 10.0. The first-order chi connectivity index (χ1) is 19.2. The SMILES string of the molecule is NCCCC[C@H](NC(=O)/C=C/c1ccc(Cl)cc1)C(=O)N[C@@H](CCCCN)C(=O)N[C@H](C=O)CCCN=C(N)N. The van der Waals surface area contributed by atoms with Crippen LogP contribution in [0.4, 0.5) is 0 Å². The summed E-state index contributed by atoms with van der Waals surface area (Å²) in [7, 11) is 0. The third kappa shape index (κ3) is 15.2. The highest BCUT2D eigenvalue weighted by Gasteiger charge is 2.27. The summed E-state index contributed by atoms with van der Waals surface area (Å²) in [5, 5.41) is 8.72. The number of nitrogens with one attached hydrogen (secondary N) is 3. The molecule has 12 nitrogen and oxygen atoms in total. The van der Waals surface area contributed by atoms with E-state index in [2.05, 4.69) is 20.9 Å². The Labute approximate surface area is 240 Å². The molecule has 3 atom stereocenters. The predicted octanol–water partition coefficient (Wildman–Crippen LogP) is 0.318. The molecule has 0 heterocycles. The van der Waals surface area contributed by atoms with E-state index in [1.54, 1.807) is 30.3 Å². The number of carbonyl (C=O) groups excluding carboxylic acids is 4. The van der Waals surface area contributed by atoms with E-state index < -0.39 is 35.8 Å². The van der Waals surface area contributed by atoms with Crippen LogP contribution >= 0.6 is 11.6 Å². The Hall–Kier alpha value is -3.48. The molecule has 1 aromatic carbocycles. The highest BCUT2D eigenvalue weighted by Crippen LogP contribution is 2.11. The molecular weight excluding hydrogens is 536 g/mol. The summed E-state index contributed by atoms with van der Waals surface area (Å²) in [5.41, 5.74) is 22.6. The Bertz CT molecular complexity index is 983. The lowest BCUT2D eigenvalue weighted by Crippen LogP contribution is -2.55. The lowest BCUT2D eigenvalue weighted by Gasteiger charge is -2.24. The molecular formula is C27H43ClN8O4. The van der Waals surface area contributed by atoms with Crippen LogP contribution < -0.4 is 38.9 Å². The molecule has 0 aliphatic carbocycles. The summed E-state index contributed by atoms with van der Waals surface area (Å²) in [6.07, 6.45) is 7.53. The van der Waals surface area contributed by atoms with E-state index in [9.17, 15) is 19.2 Å². The Morgan fingerprint density at radius 1 is 0.825 bits per heavy atom. The Kier molecular flexibility index (Phi) is 17.6. The van der Waals surface area contributed by atoms with Crippen LogP contribution in [0.5, 0.6) is 0 Å². The maximum Gasteiger partial charge on any atom is 0.244 e. The molecule has 13 heteroatoms. The van der Waals surface area contributed by atoms with Gasteiger partial charge in [-0.05, 0) is 88.2 Å². The highest BCUT2D eigenvalue weighted by atomic mass is 35.5. The van der Waals surface area contributed by atoms with E-state index in [1.165, 1.54) is 6.08 Å². The van der Waals surface area contributed by atoms with Gasteiger partial charge >= 0.3 is 0 Å². The fourth-order valence-electron chi connectivity index (χ4n) is 3.74. The molecule has 0 spiro atoms. The Morgan fingerprint density at radius 2 is 1.40 bits per heavy atom. The van der Waals surface area contributed by atoms with Crippen molar-refractivity contribution >= 4 is 47.6 Å². The van der Waals surface area contributed by atoms with Crippen LogP contribution in [0.3, 0.4) is 0 Å². The van der Waals surface area contributed by atoms with Crippen molar-refractivity contribution in [1.82, 2.24) is 16.0 Å². The standard InChI is InChI=1S/C27H43ClN8O4/c28-20-12-9-19(10-13-20)11-14-24(38)35-22(7-1-3-15-29)26(40)36-23(8-2-4-16-30)25(39)34-21(18-37)6-5-17-33-27(31)32/h9-14,18,21-23H,1-8,15-17,29-30H2,(H,34,39)(H,35,38)(H,36,40)(H4,31,32,33)/b14-11+/t21-,22-,23-/m0/s1. The molecule has 3 amide bonds. The van der Waals surface area contributed by atoms with Crippen molar-refractivity contribution in [2.45, 2.75) is 69.5 Å². The average molecular weight is 579 g/mol. The number of nitrogens with two attached hydrogens (primary N) is 4. The molecule has 11 N–H and O–H groups in total. The van der Waals surface area contributed by atoms with Gasteiger partial charge in [-0.3, -0.25) is 19.4 Å². The van der Waals surface area contributed by atoms with Crippen LogP contribution in [0.1, 0.15) is 56.9 Å². The smallest absolute Gasteiger partial charge is 0.244 e. The highest BCUT2D eigenvalue weighted by molar-refractivity contribution is 6.30. The van der Waals surface area contributed by atoms with Crippen molar-refractivity contribution in [3.8, 4) is 0 Å². The largest absolute Gasteiger partial charge is 0.370 e. The Morgan fingerprint density at radius 3 is 1.95 bits per heavy atom. The van der Waals surface area contributed by atoms with Gasteiger partial charge in [0.05, 0.1) is 6.04 Å². The van der Waals surface area contributed by atoms with Crippen molar-refractivity contribution in [3.05, 3.63) is 40.9 Å². The summed E-state index contributed by atoms with van der Waals surface area (Å²) < 4.78 is 0. The summed E-state index contributed by atoms with van der Waals surface area (Å²) in [5.74, 6) is -1.52. The molecule has 40 heavy (non-hydrogen) atoms. The molecule has 1 aromatic rings. The van der Waals surface area contributed by atoms with Gasteiger partial charge in [-0.1, -0.05) is 23.7 Å². The molecule has 0 saturated heterocycles. The molecule has 0 aliphatic rings. The topological polar surface area (TPSA) is 221 Å². The number of benzene rings is 1. The fourth-order valence-corrected chi connectivity index (χ4v) is 3.86. The zero-order chi connectivity index (χ0) is 29.8. The third-order valence-electron chi connectivity index (χ3n) is 5.92. The van der Waals surface area contributed by atoms with Gasteiger partial charge in [-0.2, -0.15) is 0 Å². The maximum absolute atomic E-state index is 13.3. The zero-order valence-electron chi connectivity index (χ0n) is 22.8. The molecule has 0 bridgehead atoms. The average Bonchev–Trinajstić information content (AvgIpc) is 2.93. The predicted molar refractivity (Wildman–Crippen MR) is 158 cm³/mol. The summed E-state index contributed by atoms with van der Waals surface area (Å²) >= 11 is 5.90. The number of nitrogens with zero attached hydrogens (tertiary/aromatic N) is 1. The van der Waals surface area contributed by atoms with Gasteiger partial charge in [0.15, 0.2) is 5.96 Å². The molecule has 222 valence electrons. The van der Waals surface area contributed by atoms with Crippen LogP contribution in [0.25, 0.3) is 6.08 Å². The van der Waals surface area contributed by atoms with Crippen molar-refractivity contribution in [2.24, 2.45) is 27.9 Å². The van der Waals surface area contributed by atoms with E-state index in [-0.39, 0.29) is 5.96 Å². The van der Waals surface area contributed by atoms with E-state index >= 15 is 0 Å². The van der Waals surface area contributed by atoms with E-state index in [4.69, 9.17) is 34.5 Å². The van der Waals surface area contributed by atoms with Crippen LogP contribution in [0, 0.1) is 0 Å². The molecule has 0 radical (unpaired) electrons. The third-order valence-corrected chi connectivity index (χ3v) is 6.17. The molecule has 0 unspecified atom stereocenters. The van der Waals surface area contributed by atoms with Crippen LogP contribution in [-0.2, 0) is 19.2 Å². The molecule has 0 aliphatic heterocycles. The number of aliphatic imine (C=N–C) groups is 1. The molecule has 0 aromatic heterocycles. The van der Waals surface area contributed by atoms with Crippen LogP contribution in [-0.4, -0.2) is 67.7 Å². The van der Waals surface area contributed by atoms with Gasteiger partial charge in [0.25, 0.3) is 0 Å². The number of rotatable bonds is 20. The number of amides is 3. The van der Waals surface area contributed by atoms with E-state index in [0.717, 1.165) is 5.56 Å². The van der Waals surface area contributed by atoms with Crippen molar-refractivity contribution in [1.29, 1.82) is 0 Å². The summed E-state index contributed by atoms with van der Waals surface area (Å²) in [6.45, 7) is 1.19. The van der Waals surface area contributed by atoms with Crippen molar-refractivity contribution in [2.75, 3.05) is 19.6 Å². The molecule has 1 rings (SSSR count). The van der Waals surface area contributed by atoms with Gasteiger partial charge in [0.1, 0.15) is 18.4 Å². The fraction of sp³-hybridized carbons (Fsp3) is 0.519. The van der Waals surface area contributed by atoms with Gasteiger partial charge in [-0.25, -0.2) is 0 Å². The quantitative estimate of drug-likeness (QED) is 0.0374. The van der Waals surface area contributed by atoms with E-state index in [0.29, 0.717) is 82.3 Å². The molecule has 0 saturated carbocycles. The second-order valence-corrected chi connectivity index (χ2v) is 9.71. The van der Waals surface area contributed by atoms with Gasteiger partial charge < -0.3 is 43.7 Å². The van der Waals surface area contributed by atoms with Gasteiger partial charge in [0.2, 0.25) is 17.7 Å². The number of aldehydes is 1. The first-order valence-electron chi connectivity index (χ1n) is 13.5. The second-order valence-electron chi connectivity index (χ2n) is 9.28. The summed E-state index contributed by atoms with van der Waals surface area (Å²) in [6, 6.07) is 4.35. The van der Waals surface area contributed by atoms with Gasteiger partial charge in [-0.15, -0.1) is 0 Å². The molecule has 0 fully saturated rings. The monoisotopic (exact) mass is 578 g/mol. The minimum absolute atomic E-state index is 0.0528. The Balaban J connectivity index is 2.91. The lowest BCUT2D eigenvalue weighted by molar-refractivity contribution is -0.132. The first kappa shape index (κ1) is 34.5.